The second-order valence-electron chi connectivity index (χ2n) is 6.20. The van der Waals surface area contributed by atoms with Gasteiger partial charge in [0, 0.05) is 13.0 Å². The highest BCUT2D eigenvalue weighted by Gasteiger charge is 2.34. The van der Waals surface area contributed by atoms with Crippen molar-refractivity contribution >= 4 is 23.3 Å². The molecule has 0 saturated carbocycles. The fraction of sp³-hybridized carbons (Fsp3) is 0.444. The van der Waals surface area contributed by atoms with E-state index in [0.29, 0.717) is 6.61 Å². The zero-order valence-corrected chi connectivity index (χ0v) is 14.8. The molecule has 4 N–H and O–H groups in total. The largest absolute Gasteiger partial charge is 0.480 e. The molecule has 0 unspecified atom stereocenters. The average Bonchev–Trinajstić information content (AvgIpc) is 3.13. The Balaban J connectivity index is 0.000000242. The Kier molecular flexibility index (Phi) is 6.03. The zero-order chi connectivity index (χ0) is 18.6. The van der Waals surface area contributed by atoms with Gasteiger partial charge in [-0.15, -0.1) is 0 Å². The van der Waals surface area contributed by atoms with E-state index in [1.165, 1.54) is 0 Å². The summed E-state index contributed by atoms with van der Waals surface area (Å²) in [6.45, 7) is 6.64. The second-order valence-corrected chi connectivity index (χ2v) is 6.20. The maximum atomic E-state index is 11.8. The van der Waals surface area contributed by atoms with Gasteiger partial charge in [0.05, 0.1) is 23.6 Å². The van der Waals surface area contributed by atoms with Gasteiger partial charge in [-0.1, -0.05) is 26.0 Å². The van der Waals surface area contributed by atoms with Gasteiger partial charge in [-0.25, -0.2) is 4.79 Å². The maximum absolute atomic E-state index is 11.8. The molecule has 1 aromatic carbocycles. The van der Waals surface area contributed by atoms with E-state index in [0.717, 1.165) is 35.7 Å². The van der Waals surface area contributed by atoms with E-state index >= 15 is 0 Å². The first-order valence-corrected chi connectivity index (χ1v) is 8.39. The minimum atomic E-state index is -0.931. The summed E-state index contributed by atoms with van der Waals surface area (Å²) in [6, 6.07) is 7.35. The van der Waals surface area contributed by atoms with Gasteiger partial charge in [-0.3, -0.25) is 4.79 Å². The summed E-state index contributed by atoms with van der Waals surface area (Å²) in [5.74, 6) is -0.220. The van der Waals surface area contributed by atoms with Gasteiger partial charge in [0.2, 0.25) is 0 Å². The van der Waals surface area contributed by atoms with Gasteiger partial charge in [0.1, 0.15) is 11.9 Å². The number of hydrogen-bond acceptors (Lipinski definition) is 6. The third kappa shape index (κ3) is 4.11. The number of nitrogens with one attached hydrogen (secondary N) is 1. The number of anilines is 2. The van der Waals surface area contributed by atoms with Crippen molar-refractivity contribution < 1.29 is 19.4 Å². The van der Waals surface area contributed by atoms with E-state index in [2.05, 4.69) is 16.3 Å². The molecule has 0 spiro atoms. The molecule has 0 radical (unpaired) electrons. The quantitative estimate of drug-likeness (QED) is 0.717. The Labute approximate surface area is 147 Å². The molecule has 2 aliphatic rings. The summed E-state index contributed by atoms with van der Waals surface area (Å²) in [4.78, 5) is 23.9. The molecule has 7 nitrogen and oxygen atoms in total. The van der Waals surface area contributed by atoms with Gasteiger partial charge in [0.25, 0.3) is 0 Å². The molecule has 0 saturated heterocycles. The van der Waals surface area contributed by atoms with Gasteiger partial charge in [-0.05, 0) is 25.0 Å². The van der Waals surface area contributed by atoms with Crippen molar-refractivity contribution in [2.24, 2.45) is 11.7 Å². The van der Waals surface area contributed by atoms with Crippen LogP contribution in [0.3, 0.4) is 0 Å². The SMILES string of the molecule is CC(C)[C@H](N)C(=O)O.CCOC(=O)C1=C2Nc3ccccc3N2CC1. The number of rotatable bonds is 4. The Hall–Kier alpha value is -2.54. The number of carboxylic acid groups (broad SMARTS) is 1. The Bertz CT molecular complexity index is 685. The van der Waals surface area contributed by atoms with Crippen LogP contribution >= 0.6 is 0 Å². The van der Waals surface area contributed by atoms with Crippen LogP contribution in [-0.2, 0) is 14.3 Å². The Morgan fingerprint density at radius 2 is 2.04 bits per heavy atom. The highest BCUT2D eigenvalue weighted by Crippen LogP contribution is 2.41. The predicted octanol–water partition coefficient (Wildman–Crippen LogP) is 2.15. The molecule has 1 atom stereocenters. The van der Waals surface area contributed by atoms with Crippen molar-refractivity contribution in [3.63, 3.8) is 0 Å². The Morgan fingerprint density at radius 1 is 1.36 bits per heavy atom. The van der Waals surface area contributed by atoms with E-state index in [1.54, 1.807) is 13.8 Å². The van der Waals surface area contributed by atoms with E-state index in [4.69, 9.17) is 15.6 Å². The maximum Gasteiger partial charge on any atom is 0.337 e. The first-order chi connectivity index (χ1) is 11.9. The van der Waals surface area contributed by atoms with E-state index in [-0.39, 0.29) is 11.9 Å². The molecule has 136 valence electrons. The number of hydrogen-bond donors (Lipinski definition) is 3. The molecule has 0 bridgehead atoms. The van der Waals surface area contributed by atoms with E-state index in [9.17, 15) is 9.59 Å². The van der Waals surface area contributed by atoms with Crippen LogP contribution in [0.5, 0.6) is 0 Å². The van der Waals surface area contributed by atoms with Crippen LogP contribution in [0.1, 0.15) is 27.2 Å². The van der Waals surface area contributed by atoms with Gasteiger partial charge in [-0.2, -0.15) is 0 Å². The smallest absolute Gasteiger partial charge is 0.337 e. The minimum absolute atomic E-state index is 0.0208. The number of esters is 1. The lowest BCUT2D eigenvalue weighted by molar-refractivity contribution is -0.140. The van der Waals surface area contributed by atoms with Gasteiger partial charge >= 0.3 is 11.9 Å². The van der Waals surface area contributed by atoms with E-state index in [1.807, 2.05) is 25.1 Å². The molecule has 1 aromatic rings. The number of nitrogens with two attached hydrogens (primary N) is 1. The lowest BCUT2D eigenvalue weighted by Crippen LogP contribution is -2.34. The molecule has 0 amide bonds. The predicted molar refractivity (Wildman–Crippen MR) is 96.1 cm³/mol. The molecule has 0 aliphatic carbocycles. The highest BCUT2D eigenvalue weighted by atomic mass is 16.5. The zero-order valence-electron chi connectivity index (χ0n) is 14.8. The number of fused-ring (bicyclic) bond motifs is 3. The number of carboxylic acids is 1. The molecule has 0 fully saturated rings. The molecular weight excluding hydrogens is 322 g/mol. The topological polar surface area (TPSA) is 105 Å². The van der Waals surface area contributed by atoms with Crippen LogP contribution in [-0.4, -0.2) is 36.2 Å². The number of ether oxygens (including phenoxy) is 1. The van der Waals surface area contributed by atoms with Crippen LogP contribution in [0.4, 0.5) is 11.4 Å². The average molecular weight is 347 g/mol. The van der Waals surface area contributed by atoms with Crippen LogP contribution in [0, 0.1) is 5.92 Å². The summed E-state index contributed by atoms with van der Waals surface area (Å²) >= 11 is 0. The molecule has 25 heavy (non-hydrogen) atoms. The molecule has 7 heteroatoms. The van der Waals surface area contributed by atoms with Crippen molar-refractivity contribution in [3.05, 3.63) is 35.7 Å². The Morgan fingerprint density at radius 3 is 2.60 bits per heavy atom. The number of para-hydroxylation sites is 2. The minimum Gasteiger partial charge on any atom is -0.480 e. The lowest BCUT2D eigenvalue weighted by atomic mass is 10.1. The second kappa shape index (κ2) is 8.02. The molecule has 3 rings (SSSR count). The fourth-order valence-electron chi connectivity index (χ4n) is 2.64. The highest BCUT2D eigenvalue weighted by molar-refractivity contribution is 5.95. The summed E-state index contributed by atoms with van der Waals surface area (Å²) in [7, 11) is 0. The van der Waals surface area contributed by atoms with Gasteiger partial charge < -0.3 is 25.8 Å². The monoisotopic (exact) mass is 347 g/mol. The number of carbonyl (C=O) groups is 2. The van der Waals surface area contributed by atoms with Crippen molar-refractivity contribution in [1.29, 1.82) is 0 Å². The van der Waals surface area contributed by atoms with Crippen molar-refractivity contribution in [3.8, 4) is 0 Å². The molecule has 2 heterocycles. The number of carbonyl (C=O) groups excluding carboxylic acids is 1. The van der Waals surface area contributed by atoms with Crippen LogP contribution < -0.4 is 16.0 Å². The van der Waals surface area contributed by atoms with Gasteiger partial charge in [0.15, 0.2) is 0 Å². The third-order valence-corrected chi connectivity index (χ3v) is 4.11. The van der Waals surface area contributed by atoms with Crippen LogP contribution in [0.2, 0.25) is 0 Å². The summed E-state index contributed by atoms with van der Waals surface area (Å²) in [6.07, 6.45) is 0.746. The first-order valence-electron chi connectivity index (χ1n) is 8.39. The number of benzene rings is 1. The molecule has 0 aromatic heterocycles. The lowest BCUT2D eigenvalue weighted by Gasteiger charge is -2.12. The summed E-state index contributed by atoms with van der Waals surface area (Å²) in [5, 5.41) is 11.5. The van der Waals surface area contributed by atoms with E-state index < -0.39 is 12.0 Å². The fourth-order valence-corrected chi connectivity index (χ4v) is 2.64. The summed E-state index contributed by atoms with van der Waals surface area (Å²) < 4.78 is 5.07. The van der Waals surface area contributed by atoms with Crippen LogP contribution in [0.25, 0.3) is 0 Å². The van der Waals surface area contributed by atoms with Crippen LogP contribution in [0.15, 0.2) is 35.7 Å². The number of nitrogens with zero attached hydrogens (tertiary/aromatic N) is 1. The normalized spacial score (nSPS) is 15.8. The molecule has 2 aliphatic heterocycles. The summed E-state index contributed by atoms with van der Waals surface area (Å²) in [5.41, 5.74) is 8.11. The van der Waals surface area contributed by atoms with Crippen molar-refractivity contribution in [2.45, 2.75) is 33.2 Å². The third-order valence-electron chi connectivity index (χ3n) is 4.11. The number of aliphatic carboxylic acids is 1. The first kappa shape index (κ1) is 18.8. The van der Waals surface area contributed by atoms with Crippen molar-refractivity contribution in [2.75, 3.05) is 23.4 Å². The standard InChI is InChI=1S/C13H14N2O2.C5H11NO2/c1-2-17-13(16)9-7-8-15-11-6-4-3-5-10(11)14-12(9)15;1-3(2)4(6)5(7)8/h3-6,14H,2,7-8H2,1H3;3-4H,6H2,1-2H3,(H,7,8)/t;4-/m.0/s1. The molecular formula is C18H25N3O4. The van der Waals surface area contributed by atoms with Crippen molar-refractivity contribution in [1.82, 2.24) is 0 Å².